The molecule has 1 unspecified atom stereocenters. The van der Waals surface area contributed by atoms with Crippen LogP contribution in [0.3, 0.4) is 0 Å². The van der Waals surface area contributed by atoms with Crippen LogP contribution in [0, 0.1) is 10.1 Å². The summed E-state index contributed by atoms with van der Waals surface area (Å²) in [6.45, 7) is 1.84. The molecule has 0 aliphatic carbocycles. The molecule has 70 valence electrons. The number of nitrogens with zero attached hydrogens (tertiary/aromatic N) is 1. The Balaban J connectivity index is 3.59. The Morgan fingerprint density at radius 3 is 2.67 bits per heavy atom. The number of carboxylic acid groups (broad SMARTS) is 1. The second-order valence-electron chi connectivity index (χ2n) is 2.37. The summed E-state index contributed by atoms with van der Waals surface area (Å²) >= 11 is 0. The van der Waals surface area contributed by atoms with Crippen LogP contribution >= 0.6 is 0 Å². The number of amides is 1. The molecule has 0 aromatic rings. The van der Waals surface area contributed by atoms with Gasteiger partial charge in [0.25, 0.3) is 0 Å². The minimum atomic E-state index is -1.15. The lowest BCUT2D eigenvalue weighted by Crippen LogP contribution is -2.28. The van der Waals surface area contributed by atoms with Crippen molar-refractivity contribution in [2.24, 2.45) is 0 Å². The topological polar surface area (TPSA) is 92.5 Å². The van der Waals surface area contributed by atoms with E-state index in [-0.39, 0.29) is 17.9 Å². The molecule has 0 fully saturated rings. The van der Waals surface area contributed by atoms with E-state index in [1.807, 2.05) is 0 Å². The third kappa shape index (κ3) is 4.48. The highest BCUT2D eigenvalue weighted by molar-refractivity contribution is 5.64. The van der Waals surface area contributed by atoms with Gasteiger partial charge in [-0.05, 0) is 0 Å². The van der Waals surface area contributed by atoms with Gasteiger partial charge < -0.3 is 10.4 Å². The van der Waals surface area contributed by atoms with Crippen LogP contribution in [0.5, 0.6) is 0 Å². The Bertz CT molecular complexity index is 171. The first-order valence-electron chi connectivity index (χ1n) is 3.68. The first-order valence-corrected chi connectivity index (χ1v) is 3.68. The lowest BCUT2D eigenvalue weighted by atomic mass is 10.2. The molecule has 6 nitrogen and oxygen atoms in total. The number of hydrogen-bond donors (Lipinski definition) is 2. The largest absolute Gasteiger partial charge is 0.465 e. The quantitative estimate of drug-likeness (QED) is 0.476. The summed E-state index contributed by atoms with van der Waals surface area (Å²) in [5.74, 6) is 0. The summed E-state index contributed by atoms with van der Waals surface area (Å²) in [4.78, 5) is 19.8. The Kier molecular flexibility index (Phi) is 4.75. The minimum absolute atomic E-state index is 0.134. The summed E-state index contributed by atoms with van der Waals surface area (Å²) < 4.78 is 0. The molecule has 0 spiro atoms. The van der Waals surface area contributed by atoms with E-state index in [9.17, 15) is 14.9 Å². The molecule has 0 heterocycles. The molecule has 1 atom stereocenters. The highest BCUT2D eigenvalue weighted by atomic mass is 16.6. The normalized spacial score (nSPS) is 12.1. The van der Waals surface area contributed by atoms with Crippen molar-refractivity contribution < 1.29 is 14.8 Å². The first-order chi connectivity index (χ1) is 5.57. The van der Waals surface area contributed by atoms with Crippen molar-refractivity contribution in [1.82, 2.24) is 5.32 Å². The van der Waals surface area contributed by atoms with Crippen molar-refractivity contribution in [2.45, 2.75) is 25.8 Å². The third-order valence-corrected chi connectivity index (χ3v) is 1.52. The van der Waals surface area contributed by atoms with E-state index >= 15 is 0 Å². The third-order valence-electron chi connectivity index (χ3n) is 1.52. The maximum absolute atomic E-state index is 10.2. The Morgan fingerprint density at radius 1 is 1.75 bits per heavy atom. The molecule has 0 saturated heterocycles. The molecule has 0 aliphatic rings. The van der Waals surface area contributed by atoms with Crippen molar-refractivity contribution >= 4 is 6.09 Å². The van der Waals surface area contributed by atoms with Gasteiger partial charge >= 0.3 is 6.09 Å². The van der Waals surface area contributed by atoms with Crippen LogP contribution < -0.4 is 5.32 Å². The Morgan fingerprint density at radius 2 is 2.33 bits per heavy atom. The molecule has 1 amide bonds. The minimum Gasteiger partial charge on any atom is -0.465 e. The van der Waals surface area contributed by atoms with E-state index in [1.54, 1.807) is 6.92 Å². The molecular formula is C6H12N2O4. The molecule has 0 aromatic carbocycles. The monoisotopic (exact) mass is 176 g/mol. The number of rotatable bonds is 5. The van der Waals surface area contributed by atoms with Gasteiger partial charge in [0.2, 0.25) is 6.04 Å². The van der Waals surface area contributed by atoms with Gasteiger partial charge in [-0.15, -0.1) is 0 Å². The molecule has 0 radical (unpaired) electrons. The van der Waals surface area contributed by atoms with Crippen LogP contribution in [0.4, 0.5) is 4.79 Å². The standard InChI is InChI=1S/C6H12N2O4/c1-2-5(8(11)12)3-4-7-6(9)10/h5,7H,2-4H2,1H3,(H,9,10). The fraction of sp³-hybridized carbons (Fsp3) is 0.833. The summed E-state index contributed by atoms with van der Waals surface area (Å²) in [5.41, 5.74) is 0. The number of hydrogen-bond acceptors (Lipinski definition) is 3. The van der Waals surface area contributed by atoms with E-state index < -0.39 is 12.1 Å². The molecule has 2 N–H and O–H groups in total. The second kappa shape index (κ2) is 5.34. The van der Waals surface area contributed by atoms with Crippen LogP contribution in [-0.2, 0) is 0 Å². The smallest absolute Gasteiger partial charge is 0.404 e. The summed E-state index contributed by atoms with van der Waals surface area (Å²) in [7, 11) is 0. The van der Waals surface area contributed by atoms with Gasteiger partial charge in [0.15, 0.2) is 0 Å². The van der Waals surface area contributed by atoms with Crippen LogP contribution in [0.15, 0.2) is 0 Å². The van der Waals surface area contributed by atoms with Crippen molar-refractivity contribution in [2.75, 3.05) is 6.54 Å². The molecule has 0 aromatic heterocycles. The van der Waals surface area contributed by atoms with Crippen molar-refractivity contribution in [1.29, 1.82) is 0 Å². The van der Waals surface area contributed by atoms with E-state index in [4.69, 9.17) is 5.11 Å². The highest BCUT2D eigenvalue weighted by Gasteiger charge is 2.16. The predicted molar refractivity (Wildman–Crippen MR) is 41.7 cm³/mol. The zero-order valence-corrected chi connectivity index (χ0v) is 6.82. The number of nitrogens with one attached hydrogen (secondary N) is 1. The molecule has 12 heavy (non-hydrogen) atoms. The SMILES string of the molecule is CCC(CCNC(=O)O)[N+](=O)[O-]. The maximum atomic E-state index is 10.2. The second-order valence-corrected chi connectivity index (χ2v) is 2.37. The van der Waals surface area contributed by atoms with Crippen LogP contribution in [0.2, 0.25) is 0 Å². The maximum Gasteiger partial charge on any atom is 0.404 e. The molecule has 0 bridgehead atoms. The zero-order chi connectivity index (χ0) is 9.56. The van der Waals surface area contributed by atoms with Crippen LogP contribution in [0.1, 0.15) is 19.8 Å². The summed E-state index contributed by atoms with van der Waals surface area (Å²) in [5, 5.41) is 20.5. The molecular weight excluding hydrogens is 164 g/mol. The van der Waals surface area contributed by atoms with Crippen LogP contribution in [-0.4, -0.2) is 28.7 Å². The fourth-order valence-corrected chi connectivity index (χ4v) is 0.804. The predicted octanol–water partition coefficient (Wildman–Crippen LogP) is 0.699. The van der Waals surface area contributed by atoms with Crippen molar-refractivity contribution in [3.63, 3.8) is 0 Å². The van der Waals surface area contributed by atoms with Gasteiger partial charge in [-0.3, -0.25) is 10.1 Å². The van der Waals surface area contributed by atoms with Crippen molar-refractivity contribution in [3.8, 4) is 0 Å². The van der Waals surface area contributed by atoms with Gasteiger partial charge in [0.1, 0.15) is 0 Å². The number of carbonyl (C=O) groups is 1. The molecule has 6 heteroatoms. The molecule has 0 aliphatic heterocycles. The van der Waals surface area contributed by atoms with E-state index in [0.717, 1.165) is 0 Å². The summed E-state index contributed by atoms with van der Waals surface area (Å²) in [6.07, 6.45) is -0.474. The summed E-state index contributed by atoms with van der Waals surface area (Å²) in [6, 6.07) is -0.642. The van der Waals surface area contributed by atoms with Gasteiger partial charge in [0.05, 0.1) is 0 Å². The Labute approximate surface area is 69.7 Å². The average Bonchev–Trinajstić information content (AvgIpc) is 1.96. The fourth-order valence-electron chi connectivity index (χ4n) is 0.804. The molecule has 0 saturated carbocycles. The van der Waals surface area contributed by atoms with Gasteiger partial charge in [0, 0.05) is 24.3 Å². The highest BCUT2D eigenvalue weighted by Crippen LogP contribution is 2.00. The van der Waals surface area contributed by atoms with E-state index in [2.05, 4.69) is 5.32 Å². The Hall–Kier alpha value is -1.33. The van der Waals surface area contributed by atoms with E-state index in [1.165, 1.54) is 0 Å². The average molecular weight is 176 g/mol. The van der Waals surface area contributed by atoms with Gasteiger partial charge in [-0.25, -0.2) is 4.79 Å². The lowest BCUT2D eigenvalue weighted by Gasteiger charge is -2.05. The molecule has 0 rings (SSSR count). The zero-order valence-electron chi connectivity index (χ0n) is 6.82. The van der Waals surface area contributed by atoms with Gasteiger partial charge in [-0.1, -0.05) is 6.92 Å². The van der Waals surface area contributed by atoms with Crippen LogP contribution in [0.25, 0.3) is 0 Å². The lowest BCUT2D eigenvalue weighted by molar-refractivity contribution is -0.523. The first kappa shape index (κ1) is 10.7. The number of nitro groups is 1. The van der Waals surface area contributed by atoms with Crippen molar-refractivity contribution in [3.05, 3.63) is 10.1 Å². The van der Waals surface area contributed by atoms with E-state index in [0.29, 0.717) is 6.42 Å². The van der Waals surface area contributed by atoms with Gasteiger partial charge in [-0.2, -0.15) is 0 Å².